The summed E-state index contributed by atoms with van der Waals surface area (Å²) in [4.78, 5) is 12.0. The standard InChI is InChI=1S/C15H19Cl2NO2/c1-10-5-4-6-11(2)12(10)20-8-7-18-13(19)14(3)9-15(14,16)17/h4-6H,7-9H2,1-3H3,(H,18,19). The van der Waals surface area contributed by atoms with E-state index in [1.165, 1.54) is 0 Å². The van der Waals surface area contributed by atoms with Crippen LogP contribution in [0.2, 0.25) is 0 Å². The third-order valence-corrected chi connectivity index (χ3v) is 4.90. The summed E-state index contributed by atoms with van der Waals surface area (Å²) < 4.78 is 4.80. The molecule has 1 unspecified atom stereocenters. The van der Waals surface area contributed by atoms with Crippen LogP contribution in [0.1, 0.15) is 24.5 Å². The van der Waals surface area contributed by atoms with Gasteiger partial charge in [-0.25, -0.2) is 0 Å². The predicted molar refractivity (Wildman–Crippen MR) is 81.6 cm³/mol. The molecule has 1 aliphatic rings. The van der Waals surface area contributed by atoms with Gasteiger partial charge in [-0.15, -0.1) is 23.2 Å². The average molecular weight is 316 g/mol. The predicted octanol–water partition coefficient (Wildman–Crippen LogP) is 3.38. The second kappa shape index (κ2) is 5.45. The Morgan fingerprint density at radius 2 is 1.90 bits per heavy atom. The Hall–Kier alpha value is -0.930. The van der Waals surface area contributed by atoms with Gasteiger partial charge in [0.1, 0.15) is 16.7 Å². The van der Waals surface area contributed by atoms with Crippen molar-refractivity contribution in [2.45, 2.75) is 31.5 Å². The number of amides is 1. The lowest BCUT2D eigenvalue weighted by Gasteiger charge is -2.14. The third-order valence-electron chi connectivity index (χ3n) is 3.80. The number of para-hydroxylation sites is 1. The summed E-state index contributed by atoms with van der Waals surface area (Å²) in [6, 6.07) is 6.00. The summed E-state index contributed by atoms with van der Waals surface area (Å²) in [6.45, 7) is 6.63. The second-order valence-electron chi connectivity index (χ2n) is 5.54. The molecule has 1 aliphatic carbocycles. The van der Waals surface area contributed by atoms with Crippen molar-refractivity contribution >= 4 is 29.1 Å². The molecule has 0 heterocycles. The van der Waals surface area contributed by atoms with Crippen molar-refractivity contribution in [2.75, 3.05) is 13.2 Å². The number of aryl methyl sites for hydroxylation is 2. The number of ether oxygens (including phenoxy) is 1. The number of rotatable bonds is 5. The molecule has 110 valence electrons. The van der Waals surface area contributed by atoms with Crippen LogP contribution in [0.3, 0.4) is 0 Å². The molecule has 1 atom stereocenters. The van der Waals surface area contributed by atoms with Crippen molar-refractivity contribution in [3.05, 3.63) is 29.3 Å². The van der Waals surface area contributed by atoms with E-state index in [0.717, 1.165) is 16.9 Å². The van der Waals surface area contributed by atoms with E-state index in [1.54, 1.807) is 6.92 Å². The zero-order chi connectivity index (χ0) is 15.0. The minimum atomic E-state index is -0.926. The van der Waals surface area contributed by atoms with Gasteiger partial charge in [-0.2, -0.15) is 0 Å². The SMILES string of the molecule is Cc1cccc(C)c1OCCNC(=O)C1(C)CC1(Cl)Cl. The molecule has 0 bridgehead atoms. The first-order chi connectivity index (χ1) is 9.28. The van der Waals surface area contributed by atoms with Crippen LogP contribution in [-0.4, -0.2) is 23.4 Å². The van der Waals surface area contributed by atoms with Gasteiger partial charge >= 0.3 is 0 Å². The highest BCUT2D eigenvalue weighted by atomic mass is 35.5. The molecule has 2 rings (SSSR count). The number of halogens is 2. The zero-order valence-electron chi connectivity index (χ0n) is 11.9. The van der Waals surface area contributed by atoms with Gasteiger partial charge in [0.05, 0.1) is 12.0 Å². The van der Waals surface area contributed by atoms with Crippen LogP contribution >= 0.6 is 23.2 Å². The topological polar surface area (TPSA) is 38.3 Å². The molecule has 0 aromatic heterocycles. The highest BCUT2D eigenvalue weighted by Crippen LogP contribution is 2.63. The van der Waals surface area contributed by atoms with Crippen molar-refractivity contribution in [3.8, 4) is 5.75 Å². The highest BCUT2D eigenvalue weighted by Gasteiger charge is 2.67. The smallest absolute Gasteiger partial charge is 0.229 e. The molecule has 20 heavy (non-hydrogen) atoms. The van der Waals surface area contributed by atoms with Crippen LogP contribution in [0, 0.1) is 19.3 Å². The maximum absolute atomic E-state index is 12.0. The molecule has 3 nitrogen and oxygen atoms in total. The molecule has 1 aromatic rings. The van der Waals surface area contributed by atoms with Gasteiger partial charge < -0.3 is 10.1 Å². The summed E-state index contributed by atoms with van der Waals surface area (Å²) in [5, 5.41) is 2.82. The van der Waals surface area contributed by atoms with E-state index in [-0.39, 0.29) is 5.91 Å². The Labute approximate surface area is 129 Å². The van der Waals surface area contributed by atoms with Gasteiger partial charge in [0.2, 0.25) is 5.91 Å². The Balaban J connectivity index is 1.79. The van der Waals surface area contributed by atoms with E-state index < -0.39 is 9.75 Å². The maximum Gasteiger partial charge on any atom is 0.229 e. The fourth-order valence-corrected chi connectivity index (χ4v) is 2.89. The number of carbonyl (C=O) groups excluding carboxylic acids is 1. The molecule has 5 heteroatoms. The molecule has 0 saturated heterocycles. The summed E-state index contributed by atoms with van der Waals surface area (Å²) in [6.07, 6.45) is 0.493. The number of benzene rings is 1. The fourth-order valence-electron chi connectivity index (χ4n) is 2.19. The molecule has 0 radical (unpaired) electrons. The molecule has 0 spiro atoms. The van der Waals surface area contributed by atoms with Crippen LogP contribution < -0.4 is 10.1 Å². The van der Waals surface area contributed by atoms with Crippen molar-refractivity contribution < 1.29 is 9.53 Å². The van der Waals surface area contributed by atoms with Gasteiger partial charge in [0.25, 0.3) is 0 Å². The number of hydrogen-bond donors (Lipinski definition) is 1. The van der Waals surface area contributed by atoms with Crippen LogP contribution in [0.5, 0.6) is 5.75 Å². The van der Waals surface area contributed by atoms with Crippen molar-refractivity contribution in [1.82, 2.24) is 5.32 Å². The first kappa shape index (κ1) is 15.5. The molecule has 0 aliphatic heterocycles. The number of alkyl halides is 2. The van der Waals surface area contributed by atoms with Crippen LogP contribution in [0.15, 0.2) is 18.2 Å². The lowest BCUT2D eigenvalue weighted by molar-refractivity contribution is -0.125. The molecule has 1 fully saturated rings. The Kier molecular flexibility index (Phi) is 4.22. The van der Waals surface area contributed by atoms with Gasteiger partial charge in [-0.1, -0.05) is 18.2 Å². The Bertz CT molecular complexity index is 510. The lowest BCUT2D eigenvalue weighted by Crippen LogP contribution is -2.35. The number of nitrogens with one attached hydrogen (secondary N) is 1. The van der Waals surface area contributed by atoms with Gasteiger partial charge in [-0.3, -0.25) is 4.79 Å². The second-order valence-corrected chi connectivity index (χ2v) is 7.02. The zero-order valence-corrected chi connectivity index (χ0v) is 13.4. The van der Waals surface area contributed by atoms with Crippen LogP contribution in [0.25, 0.3) is 0 Å². The average Bonchev–Trinajstić information content (AvgIpc) is 2.88. The fraction of sp³-hybridized carbons (Fsp3) is 0.533. The molecule has 1 saturated carbocycles. The van der Waals surface area contributed by atoms with E-state index >= 15 is 0 Å². The largest absolute Gasteiger partial charge is 0.491 e. The van der Waals surface area contributed by atoms with E-state index in [0.29, 0.717) is 19.6 Å². The van der Waals surface area contributed by atoms with E-state index in [1.807, 2.05) is 32.0 Å². The summed E-state index contributed by atoms with van der Waals surface area (Å²) in [7, 11) is 0. The van der Waals surface area contributed by atoms with Crippen LogP contribution in [0.4, 0.5) is 0 Å². The summed E-state index contributed by atoms with van der Waals surface area (Å²) >= 11 is 11.9. The highest BCUT2D eigenvalue weighted by molar-refractivity contribution is 6.53. The Morgan fingerprint density at radius 1 is 1.35 bits per heavy atom. The van der Waals surface area contributed by atoms with Gasteiger partial charge in [0, 0.05) is 0 Å². The maximum atomic E-state index is 12.0. The van der Waals surface area contributed by atoms with E-state index in [9.17, 15) is 4.79 Å². The molecular formula is C15H19Cl2NO2. The monoisotopic (exact) mass is 315 g/mol. The minimum Gasteiger partial charge on any atom is -0.491 e. The number of carbonyl (C=O) groups is 1. The molecule has 1 amide bonds. The summed E-state index contributed by atoms with van der Waals surface area (Å²) in [5.74, 6) is 0.760. The number of hydrogen-bond acceptors (Lipinski definition) is 2. The summed E-state index contributed by atoms with van der Waals surface area (Å²) in [5.41, 5.74) is 1.51. The third kappa shape index (κ3) is 2.89. The van der Waals surface area contributed by atoms with Gasteiger partial charge in [-0.05, 0) is 38.3 Å². The molecule has 1 N–H and O–H groups in total. The van der Waals surface area contributed by atoms with Crippen LogP contribution in [-0.2, 0) is 4.79 Å². The molecular weight excluding hydrogens is 297 g/mol. The van der Waals surface area contributed by atoms with E-state index in [2.05, 4.69) is 5.32 Å². The van der Waals surface area contributed by atoms with Crippen molar-refractivity contribution in [1.29, 1.82) is 0 Å². The van der Waals surface area contributed by atoms with Crippen molar-refractivity contribution in [3.63, 3.8) is 0 Å². The van der Waals surface area contributed by atoms with Gasteiger partial charge in [0.15, 0.2) is 0 Å². The van der Waals surface area contributed by atoms with Crippen molar-refractivity contribution in [2.24, 2.45) is 5.41 Å². The lowest BCUT2D eigenvalue weighted by atomic mass is 10.1. The van der Waals surface area contributed by atoms with E-state index in [4.69, 9.17) is 27.9 Å². The molecule has 1 aromatic carbocycles. The first-order valence-electron chi connectivity index (χ1n) is 6.63. The quantitative estimate of drug-likeness (QED) is 0.668. The first-order valence-corrected chi connectivity index (χ1v) is 7.39. The minimum absolute atomic E-state index is 0.118. The Morgan fingerprint density at radius 3 is 2.40 bits per heavy atom. The normalized spacial score (nSPS) is 23.2.